The van der Waals surface area contributed by atoms with Crippen molar-refractivity contribution in [3.63, 3.8) is 0 Å². The van der Waals surface area contributed by atoms with Crippen molar-refractivity contribution >= 4 is 23.4 Å². The molecule has 0 saturated heterocycles. The zero-order valence-electron chi connectivity index (χ0n) is 16.1. The number of benzene rings is 2. The van der Waals surface area contributed by atoms with E-state index < -0.39 is 0 Å². The quantitative estimate of drug-likeness (QED) is 0.596. The van der Waals surface area contributed by atoms with Crippen LogP contribution in [-0.4, -0.2) is 38.6 Å². The van der Waals surface area contributed by atoms with Gasteiger partial charge >= 0.3 is 0 Å². The van der Waals surface area contributed by atoms with Gasteiger partial charge in [-0.2, -0.15) is 0 Å². The van der Waals surface area contributed by atoms with Gasteiger partial charge in [-0.15, -0.1) is 0 Å². The molecule has 2 aromatic rings. The van der Waals surface area contributed by atoms with E-state index in [4.69, 9.17) is 21.1 Å². The van der Waals surface area contributed by atoms with E-state index >= 15 is 0 Å². The number of aryl methyl sites for hydroxylation is 1. The molecule has 0 aliphatic heterocycles. The van der Waals surface area contributed by atoms with Crippen LogP contribution < -0.4 is 20.1 Å². The van der Waals surface area contributed by atoms with Gasteiger partial charge < -0.3 is 20.1 Å². The molecule has 2 amide bonds. The predicted octanol–water partition coefficient (Wildman–Crippen LogP) is 3.23. The molecule has 0 radical (unpaired) electrons. The van der Waals surface area contributed by atoms with Crippen LogP contribution in [0.5, 0.6) is 11.5 Å². The summed E-state index contributed by atoms with van der Waals surface area (Å²) in [5.74, 6) is 0.505. The first kappa shape index (κ1) is 21.6. The minimum atomic E-state index is -0.322. The van der Waals surface area contributed by atoms with Gasteiger partial charge in [0.05, 0.1) is 12.7 Å². The van der Waals surface area contributed by atoms with Crippen molar-refractivity contribution in [3.05, 3.63) is 58.6 Å². The van der Waals surface area contributed by atoms with Crippen molar-refractivity contribution in [1.29, 1.82) is 0 Å². The largest absolute Gasteiger partial charge is 0.496 e. The van der Waals surface area contributed by atoms with E-state index in [1.165, 1.54) is 18.7 Å². The van der Waals surface area contributed by atoms with Gasteiger partial charge in [-0.05, 0) is 42.3 Å². The first-order valence-corrected chi connectivity index (χ1v) is 9.51. The minimum Gasteiger partial charge on any atom is -0.496 e. The lowest BCUT2D eigenvalue weighted by molar-refractivity contribution is -0.123. The lowest BCUT2D eigenvalue weighted by Crippen LogP contribution is -2.36. The molecule has 0 atom stereocenters. The monoisotopic (exact) mass is 404 g/mol. The second kappa shape index (κ2) is 11.2. The summed E-state index contributed by atoms with van der Waals surface area (Å²) in [6, 6.07) is 12.5. The maximum Gasteiger partial charge on any atom is 0.258 e. The number of rotatable bonds is 10. The zero-order chi connectivity index (χ0) is 20.4. The second-order valence-corrected chi connectivity index (χ2v) is 6.57. The summed E-state index contributed by atoms with van der Waals surface area (Å²) >= 11 is 5.92. The summed E-state index contributed by atoms with van der Waals surface area (Å²) in [5, 5.41) is 5.85. The third-order valence-corrected chi connectivity index (χ3v) is 4.21. The Hall–Kier alpha value is -2.73. The molecular weight excluding hydrogens is 380 g/mol. The van der Waals surface area contributed by atoms with Crippen LogP contribution >= 0.6 is 11.6 Å². The van der Waals surface area contributed by atoms with Crippen molar-refractivity contribution in [2.24, 2.45) is 0 Å². The maximum absolute atomic E-state index is 12.2. The van der Waals surface area contributed by atoms with E-state index in [0.717, 1.165) is 12.8 Å². The molecular formula is C21H25ClN2O4. The molecule has 2 aromatic carbocycles. The summed E-state index contributed by atoms with van der Waals surface area (Å²) in [4.78, 5) is 24.1. The topological polar surface area (TPSA) is 76.7 Å². The third kappa shape index (κ3) is 6.78. The van der Waals surface area contributed by atoms with Crippen molar-refractivity contribution < 1.29 is 19.1 Å². The fourth-order valence-corrected chi connectivity index (χ4v) is 2.74. The molecule has 2 N–H and O–H groups in total. The SMILES string of the molecule is CCCc1ccc(OCC(=O)NCCNC(=O)c2cc(Cl)ccc2OC)cc1. The lowest BCUT2D eigenvalue weighted by Gasteiger charge is -2.11. The van der Waals surface area contributed by atoms with Crippen molar-refractivity contribution in [1.82, 2.24) is 10.6 Å². The Morgan fingerprint density at radius 3 is 2.43 bits per heavy atom. The van der Waals surface area contributed by atoms with E-state index in [1.54, 1.807) is 12.1 Å². The second-order valence-electron chi connectivity index (χ2n) is 6.13. The van der Waals surface area contributed by atoms with E-state index in [0.29, 0.717) is 22.1 Å². The molecule has 0 bridgehead atoms. The Morgan fingerprint density at radius 2 is 1.75 bits per heavy atom. The number of methoxy groups -OCH3 is 1. The van der Waals surface area contributed by atoms with E-state index in [2.05, 4.69) is 17.6 Å². The van der Waals surface area contributed by atoms with Gasteiger partial charge in [0, 0.05) is 18.1 Å². The van der Waals surface area contributed by atoms with Crippen molar-refractivity contribution in [3.8, 4) is 11.5 Å². The standard InChI is InChI=1S/C21H25ClN2O4/c1-3-4-15-5-8-17(9-6-15)28-14-20(25)23-11-12-24-21(26)18-13-16(22)7-10-19(18)27-2/h5-10,13H,3-4,11-12,14H2,1-2H3,(H,23,25)(H,24,26). The average molecular weight is 405 g/mol. The average Bonchev–Trinajstić information content (AvgIpc) is 2.70. The van der Waals surface area contributed by atoms with Crippen LogP contribution in [0.2, 0.25) is 5.02 Å². The minimum absolute atomic E-state index is 0.0802. The van der Waals surface area contributed by atoms with Gasteiger partial charge in [0.15, 0.2) is 6.61 Å². The highest BCUT2D eigenvalue weighted by molar-refractivity contribution is 6.31. The Labute approximate surface area is 170 Å². The van der Waals surface area contributed by atoms with Crippen LogP contribution in [0, 0.1) is 0 Å². The fraction of sp³-hybridized carbons (Fsp3) is 0.333. The van der Waals surface area contributed by atoms with Gasteiger partial charge in [0.2, 0.25) is 0 Å². The van der Waals surface area contributed by atoms with Crippen LogP contribution in [-0.2, 0) is 11.2 Å². The zero-order valence-corrected chi connectivity index (χ0v) is 16.8. The first-order valence-electron chi connectivity index (χ1n) is 9.13. The Bertz CT molecular complexity index is 793. The summed E-state index contributed by atoms with van der Waals surface area (Å²) in [6.45, 7) is 2.60. The molecule has 0 heterocycles. The van der Waals surface area contributed by atoms with Gasteiger partial charge in [0.25, 0.3) is 11.8 Å². The van der Waals surface area contributed by atoms with Crippen LogP contribution in [0.1, 0.15) is 29.3 Å². The maximum atomic E-state index is 12.2. The van der Waals surface area contributed by atoms with Crippen LogP contribution in [0.25, 0.3) is 0 Å². The van der Waals surface area contributed by atoms with E-state index in [1.807, 2.05) is 24.3 Å². The van der Waals surface area contributed by atoms with Gasteiger partial charge in [-0.3, -0.25) is 9.59 Å². The van der Waals surface area contributed by atoms with Gasteiger partial charge in [-0.1, -0.05) is 37.1 Å². The number of hydrogen-bond acceptors (Lipinski definition) is 4. The molecule has 0 spiro atoms. The predicted molar refractivity (Wildman–Crippen MR) is 109 cm³/mol. The number of ether oxygens (including phenoxy) is 2. The van der Waals surface area contributed by atoms with Gasteiger partial charge in [-0.25, -0.2) is 0 Å². The highest BCUT2D eigenvalue weighted by Gasteiger charge is 2.12. The number of hydrogen-bond donors (Lipinski definition) is 2. The molecule has 0 aliphatic rings. The molecule has 2 rings (SSSR count). The van der Waals surface area contributed by atoms with Gasteiger partial charge in [0.1, 0.15) is 11.5 Å². The number of nitrogens with one attached hydrogen (secondary N) is 2. The molecule has 0 saturated carbocycles. The summed E-state index contributed by atoms with van der Waals surface area (Å²) in [5.41, 5.74) is 1.59. The molecule has 0 aromatic heterocycles. The van der Waals surface area contributed by atoms with E-state index in [-0.39, 0.29) is 31.5 Å². The lowest BCUT2D eigenvalue weighted by atomic mass is 10.1. The van der Waals surface area contributed by atoms with Crippen molar-refractivity contribution in [2.45, 2.75) is 19.8 Å². The summed E-state index contributed by atoms with van der Waals surface area (Å²) in [7, 11) is 1.48. The number of carbonyl (C=O) groups is 2. The number of halogens is 1. The number of amides is 2. The highest BCUT2D eigenvalue weighted by atomic mass is 35.5. The van der Waals surface area contributed by atoms with Crippen LogP contribution in [0.15, 0.2) is 42.5 Å². The summed E-state index contributed by atoms with van der Waals surface area (Å²) < 4.78 is 10.6. The Kier molecular flexibility index (Phi) is 8.62. The number of carbonyl (C=O) groups excluding carboxylic acids is 2. The Balaban J connectivity index is 1.69. The third-order valence-electron chi connectivity index (χ3n) is 3.97. The van der Waals surface area contributed by atoms with E-state index in [9.17, 15) is 9.59 Å². The van der Waals surface area contributed by atoms with Crippen LogP contribution in [0.4, 0.5) is 0 Å². The fourth-order valence-electron chi connectivity index (χ4n) is 2.57. The van der Waals surface area contributed by atoms with Crippen LogP contribution in [0.3, 0.4) is 0 Å². The normalized spacial score (nSPS) is 10.2. The highest BCUT2D eigenvalue weighted by Crippen LogP contribution is 2.22. The molecule has 150 valence electrons. The molecule has 0 aliphatic carbocycles. The smallest absolute Gasteiger partial charge is 0.258 e. The summed E-state index contributed by atoms with van der Waals surface area (Å²) in [6.07, 6.45) is 2.11. The Morgan fingerprint density at radius 1 is 1.04 bits per heavy atom. The molecule has 6 nitrogen and oxygen atoms in total. The molecule has 0 fully saturated rings. The molecule has 7 heteroatoms. The molecule has 0 unspecified atom stereocenters. The molecule has 28 heavy (non-hydrogen) atoms. The van der Waals surface area contributed by atoms with Crippen molar-refractivity contribution in [2.75, 3.05) is 26.8 Å². The first-order chi connectivity index (χ1) is 13.5.